The fraction of sp³-hybridized carbons (Fsp3) is 0.407. The van der Waals surface area contributed by atoms with Crippen LogP contribution in [0.3, 0.4) is 0 Å². The molecule has 0 unspecified atom stereocenters. The number of ketones is 1. The number of ether oxygens (including phenoxy) is 2. The molecule has 35 heavy (non-hydrogen) atoms. The summed E-state index contributed by atoms with van der Waals surface area (Å²) in [7, 11) is 0. The lowest BCUT2D eigenvalue weighted by molar-refractivity contribution is -0.140. The number of aryl methyl sites for hydroxylation is 1. The first-order chi connectivity index (χ1) is 16.9. The highest BCUT2D eigenvalue weighted by atomic mass is 19.1. The van der Waals surface area contributed by atoms with Crippen LogP contribution in [0.25, 0.3) is 5.76 Å². The van der Waals surface area contributed by atoms with Gasteiger partial charge in [-0.1, -0.05) is 18.2 Å². The summed E-state index contributed by atoms with van der Waals surface area (Å²) < 4.78 is 25.9. The van der Waals surface area contributed by atoms with Gasteiger partial charge in [-0.05, 0) is 50.1 Å². The van der Waals surface area contributed by atoms with Crippen LogP contribution in [0.5, 0.6) is 5.75 Å². The molecule has 2 aromatic carbocycles. The van der Waals surface area contributed by atoms with Crippen molar-refractivity contribution in [3.63, 3.8) is 0 Å². The maximum absolute atomic E-state index is 14.9. The molecule has 2 saturated heterocycles. The molecule has 2 aliphatic rings. The maximum Gasteiger partial charge on any atom is 0.295 e. The van der Waals surface area contributed by atoms with Crippen molar-refractivity contribution in [2.45, 2.75) is 26.3 Å². The van der Waals surface area contributed by atoms with Crippen molar-refractivity contribution in [3.05, 3.63) is 70.5 Å². The first kappa shape index (κ1) is 24.9. The first-order valence-electron chi connectivity index (χ1n) is 12.0. The van der Waals surface area contributed by atoms with E-state index >= 15 is 0 Å². The van der Waals surface area contributed by atoms with E-state index < -0.39 is 23.5 Å². The monoisotopic (exact) mass is 482 g/mol. The van der Waals surface area contributed by atoms with Gasteiger partial charge in [0.1, 0.15) is 17.3 Å². The van der Waals surface area contributed by atoms with Crippen LogP contribution < -0.4 is 4.74 Å². The summed E-state index contributed by atoms with van der Waals surface area (Å²) in [5.41, 5.74) is 1.23. The Morgan fingerprint density at radius 1 is 1.14 bits per heavy atom. The summed E-state index contributed by atoms with van der Waals surface area (Å²) in [6, 6.07) is 10.1. The van der Waals surface area contributed by atoms with Crippen molar-refractivity contribution >= 4 is 17.4 Å². The van der Waals surface area contributed by atoms with E-state index in [1.165, 1.54) is 11.0 Å². The molecule has 1 atom stereocenters. The van der Waals surface area contributed by atoms with Crippen molar-refractivity contribution in [2.24, 2.45) is 0 Å². The number of halogens is 1. The van der Waals surface area contributed by atoms with Crippen molar-refractivity contribution in [2.75, 3.05) is 46.0 Å². The molecule has 0 saturated carbocycles. The normalized spacial score (nSPS) is 20.4. The lowest BCUT2D eigenvalue weighted by Crippen LogP contribution is -2.39. The van der Waals surface area contributed by atoms with Crippen molar-refractivity contribution in [3.8, 4) is 5.75 Å². The second kappa shape index (κ2) is 11.0. The molecule has 7 nitrogen and oxygen atoms in total. The summed E-state index contributed by atoms with van der Waals surface area (Å²) >= 11 is 0. The Kier molecular flexibility index (Phi) is 7.83. The third-order valence-corrected chi connectivity index (χ3v) is 6.47. The highest BCUT2D eigenvalue weighted by Crippen LogP contribution is 2.40. The van der Waals surface area contributed by atoms with E-state index in [0.717, 1.165) is 25.2 Å². The number of aliphatic hydroxyl groups is 1. The van der Waals surface area contributed by atoms with Gasteiger partial charge < -0.3 is 19.5 Å². The molecule has 0 spiro atoms. The van der Waals surface area contributed by atoms with Crippen LogP contribution in [0.4, 0.5) is 4.39 Å². The number of Topliss-reactive ketones (excluding diaryl/α,β-unsaturated/α-hetero) is 1. The molecule has 4 rings (SSSR count). The molecule has 2 aliphatic heterocycles. The zero-order chi connectivity index (χ0) is 24.9. The largest absolute Gasteiger partial charge is 0.507 e. The molecular weight excluding hydrogens is 451 g/mol. The Balaban J connectivity index is 1.69. The number of likely N-dealkylation sites (tertiary alicyclic amines) is 1. The molecule has 0 bridgehead atoms. The number of morpholine rings is 1. The molecule has 2 aromatic rings. The lowest BCUT2D eigenvalue weighted by atomic mass is 9.94. The number of benzene rings is 2. The Bertz CT molecular complexity index is 1130. The SMILES string of the molecule is CCOc1ccc(C(O)=C2C(=O)C(=O)N(CCCN3CCOCC3)[C@H]2c2ccccc2F)cc1C. The average molecular weight is 483 g/mol. The second-order valence-corrected chi connectivity index (χ2v) is 8.73. The molecule has 8 heteroatoms. The standard InChI is InChI=1S/C27H31FN2O5/c1-3-35-22-10-9-19(17-18(22)2)25(31)23-24(20-7-4-5-8-21(20)28)30(27(33)26(23)32)12-6-11-29-13-15-34-16-14-29/h4-5,7-10,17,24,31H,3,6,11-16H2,1-2H3/t24-/m0/s1. The Morgan fingerprint density at radius 2 is 1.89 bits per heavy atom. The number of nitrogens with zero attached hydrogens (tertiary/aromatic N) is 2. The Hall–Kier alpha value is -3.23. The predicted octanol–water partition coefficient (Wildman–Crippen LogP) is 3.68. The fourth-order valence-electron chi connectivity index (χ4n) is 4.69. The molecule has 0 aromatic heterocycles. The van der Waals surface area contributed by atoms with E-state index in [0.29, 0.717) is 37.6 Å². The summed E-state index contributed by atoms with van der Waals surface area (Å²) in [6.45, 7) is 8.16. The zero-order valence-corrected chi connectivity index (χ0v) is 20.1. The summed E-state index contributed by atoms with van der Waals surface area (Å²) in [5.74, 6) is -1.74. The van der Waals surface area contributed by atoms with Crippen LogP contribution in [0.2, 0.25) is 0 Å². The van der Waals surface area contributed by atoms with Gasteiger partial charge >= 0.3 is 0 Å². The molecule has 0 aliphatic carbocycles. The maximum atomic E-state index is 14.9. The van der Waals surface area contributed by atoms with Crippen molar-refractivity contribution in [1.82, 2.24) is 9.80 Å². The van der Waals surface area contributed by atoms with Gasteiger partial charge in [0.25, 0.3) is 11.7 Å². The quantitative estimate of drug-likeness (QED) is 0.351. The minimum atomic E-state index is -1.01. The van der Waals surface area contributed by atoms with E-state index in [-0.39, 0.29) is 23.4 Å². The third-order valence-electron chi connectivity index (χ3n) is 6.47. The molecule has 2 fully saturated rings. The van der Waals surface area contributed by atoms with Gasteiger partial charge in [0.15, 0.2) is 0 Å². The average Bonchev–Trinajstić information content (AvgIpc) is 3.11. The Morgan fingerprint density at radius 3 is 2.57 bits per heavy atom. The summed E-state index contributed by atoms with van der Waals surface area (Å²) in [4.78, 5) is 29.9. The minimum Gasteiger partial charge on any atom is -0.507 e. The van der Waals surface area contributed by atoms with Gasteiger partial charge in [-0.2, -0.15) is 0 Å². The van der Waals surface area contributed by atoms with E-state index in [2.05, 4.69) is 4.90 Å². The van der Waals surface area contributed by atoms with Crippen molar-refractivity contribution < 1.29 is 28.6 Å². The number of aliphatic hydroxyl groups excluding tert-OH is 1. The number of hydrogen-bond acceptors (Lipinski definition) is 6. The zero-order valence-electron chi connectivity index (χ0n) is 20.1. The highest BCUT2D eigenvalue weighted by Gasteiger charge is 2.46. The van der Waals surface area contributed by atoms with Crippen LogP contribution in [-0.2, 0) is 14.3 Å². The smallest absolute Gasteiger partial charge is 0.295 e. The predicted molar refractivity (Wildman–Crippen MR) is 130 cm³/mol. The van der Waals surface area contributed by atoms with Gasteiger partial charge in [0, 0.05) is 37.3 Å². The summed E-state index contributed by atoms with van der Waals surface area (Å²) in [6.07, 6.45) is 0.611. The van der Waals surface area contributed by atoms with Crippen molar-refractivity contribution in [1.29, 1.82) is 0 Å². The highest BCUT2D eigenvalue weighted by molar-refractivity contribution is 6.46. The van der Waals surface area contributed by atoms with Gasteiger partial charge in [0.05, 0.1) is 31.4 Å². The topological polar surface area (TPSA) is 79.3 Å². The number of rotatable bonds is 8. The van der Waals surface area contributed by atoms with E-state index in [1.54, 1.807) is 36.4 Å². The summed E-state index contributed by atoms with van der Waals surface area (Å²) in [5, 5.41) is 11.2. The van der Waals surface area contributed by atoms with Gasteiger partial charge in [-0.3, -0.25) is 14.5 Å². The minimum absolute atomic E-state index is 0.102. The molecule has 186 valence electrons. The van der Waals surface area contributed by atoms with E-state index in [9.17, 15) is 19.1 Å². The Labute approximate surface area is 204 Å². The van der Waals surface area contributed by atoms with Gasteiger partial charge in [-0.15, -0.1) is 0 Å². The van der Waals surface area contributed by atoms with Gasteiger partial charge in [0.2, 0.25) is 0 Å². The van der Waals surface area contributed by atoms with Crippen LogP contribution in [0.15, 0.2) is 48.0 Å². The number of carbonyl (C=O) groups is 2. The fourth-order valence-corrected chi connectivity index (χ4v) is 4.69. The van der Waals surface area contributed by atoms with E-state index in [4.69, 9.17) is 9.47 Å². The number of amides is 1. The third kappa shape index (κ3) is 5.23. The molecular formula is C27H31FN2O5. The van der Waals surface area contributed by atoms with Crippen LogP contribution in [0.1, 0.15) is 36.1 Å². The lowest BCUT2D eigenvalue weighted by Gasteiger charge is -2.29. The molecule has 1 amide bonds. The molecule has 2 heterocycles. The number of carbonyl (C=O) groups excluding carboxylic acids is 2. The van der Waals surface area contributed by atoms with Crippen LogP contribution in [0, 0.1) is 12.7 Å². The molecule has 0 radical (unpaired) electrons. The second-order valence-electron chi connectivity index (χ2n) is 8.73. The van der Waals surface area contributed by atoms with Crippen LogP contribution >= 0.6 is 0 Å². The van der Waals surface area contributed by atoms with E-state index in [1.807, 2.05) is 13.8 Å². The molecule has 1 N–H and O–H groups in total. The first-order valence-corrected chi connectivity index (χ1v) is 12.0. The van der Waals surface area contributed by atoms with Gasteiger partial charge in [-0.25, -0.2) is 4.39 Å². The van der Waals surface area contributed by atoms with Crippen LogP contribution in [-0.4, -0.2) is 72.6 Å². The number of hydrogen-bond donors (Lipinski definition) is 1.